The van der Waals surface area contributed by atoms with Crippen LogP contribution in [-0.4, -0.2) is 52.8 Å². The van der Waals surface area contributed by atoms with Crippen LogP contribution in [0.3, 0.4) is 0 Å². The van der Waals surface area contributed by atoms with E-state index in [2.05, 4.69) is 10.1 Å². The van der Waals surface area contributed by atoms with Gasteiger partial charge in [0, 0.05) is 13.1 Å². The predicted octanol–water partition coefficient (Wildman–Crippen LogP) is 1.65. The molecule has 0 spiro atoms. The number of piperidine rings is 1. The van der Waals surface area contributed by atoms with Gasteiger partial charge in [-0.3, -0.25) is 0 Å². The summed E-state index contributed by atoms with van der Waals surface area (Å²) in [6.45, 7) is 2.46. The van der Waals surface area contributed by atoms with Crippen LogP contribution in [0.25, 0.3) is 5.52 Å². The van der Waals surface area contributed by atoms with Crippen molar-refractivity contribution in [3.63, 3.8) is 0 Å². The molecular weight excluding hydrogens is 378 g/mol. The van der Waals surface area contributed by atoms with Gasteiger partial charge in [-0.25, -0.2) is 26.7 Å². The number of halogens is 2. The lowest BCUT2D eigenvalue weighted by atomic mass is 10.1. The molecule has 8 nitrogen and oxygen atoms in total. The number of hydrogen-bond acceptors (Lipinski definition) is 6. The van der Waals surface area contributed by atoms with Gasteiger partial charge in [0.1, 0.15) is 23.3 Å². The second-order valence-electron chi connectivity index (χ2n) is 6.27. The van der Waals surface area contributed by atoms with Gasteiger partial charge in [0.15, 0.2) is 5.82 Å². The largest absolute Gasteiger partial charge is 0.367 e. The second kappa shape index (κ2) is 8.58. The third-order valence-corrected chi connectivity index (χ3v) is 5.40. The Morgan fingerprint density at radius 1 is 1.48 bits per heavy atom. The average Bonchev–Trinajstić information content (AvgIpc) is 2.86. The maximum atomic E-state index is 13.8. The van der Waals surface area contributed by atoms with Crippen molar-refractivity contribution in [3.8, 4) is 6.07 Å². The lowest BCUT2D eigenvalue weighted by Crippen LogP contribution is -2.39. The number of aryl methyl sites for hydroxylation is 1. The van der Waals surface area contributed by atoms with Crippen molar-refractivity contribution in [2.45, 2.75) is 38.8 Å². The predicted molar refractivity (Wildman–Crippen MR) is 96.6 cm³/mol. The van der Waals surface area contributed by atoms with E-state index in [0.717, 1.165) is 12.7 Å². The van der Waals surface area contributed by atoms with Crippen molar-refractivity contribution in [1.82, 2.24) is 18.9 Å². The van der Waals surface area contributed by atoms with Crippen molar-refractivity contribution in [1.29, 1.82) is 5.26 Å². The summed E-state index contributed by atoms with van der Waals surface area (Å²) in [4.78, 5) is 3.71. The minimum atomic E-state index is -3.17. The van der Waals surface area contributed by atoms with Crippen LogP contribution in [0, 0.1) is 17.1 Å². The van der Waals surface area contributed by atoms with Gasteiger partial charge < -0.3 is 5.73 Å². The molecule has 3 rings (SSSR count). The SMILES string of the molecule is CCCc1c(C#N)c(F)c2cnc(N)nn12.CS(=O)(=O)N1CCCC(F)C1. The van der Waals surface area contributed by atoms with E-state index >= 15 is 0 Å². The number of anilines is 1. The van der Waals surface area contributed by atoms with Crippen LogP contribution in [0.5, 0.6) is 0 Å². The normalized spacial score (nSPS) is 18.0. The first-order valence-corrected chi connectivity index (χ1v) is 10.3. The van der Waals surface area contributed by atoms with E-state index in [1.807, 2.05) is 13.0 Å². The highest BCUT2D eigenvalue weighted by Crippen LogP contribution is 2.21. The molecule has 1 fully saturated rings. The van der Waals surface area contributed by atoms with Gasteiger partial charge in [-0.2, -0.15) is 9.57 Å². The third kappa shape index (κ3) is 4.90. The number of alkyl halides is 1. The second-order valence-corrected chi connectivity index (χ2v) is 8.25. The molecule has 1 aliphatic rings. The number of rotatable bonds is 3. The molecule has 27 heavy (non-hydrogen) atoms. The molecule has 0 radical (unpaired) electrons. The van der Waals surface area contributed by atoms with Gasteiger partial charge in [-0.15, -0.1) is 5.10 Å². The van der Waals surface area contributed by atoms with Crippen LogP contribution in [-0.2, 0) is 16.4 Å². The molecule has 0 aliphatic carbocycles. The smallest absolute Gasteiger partial charge is 0.238 e. The fourth-order valence-corrected chi connectivity index (χ4v) is 3.75. The third-order valence-electron chi connectivity index (χ3n) is 4.13. The van der Waals surface area contributed by atoms with Crippen molar-refractivity contribution in [3.05, 3.63) is 23.3 Å². The van der Waals surface area contributed by atoms with Gasteiger partial charge >= 0.3 is 0 Å². The number of hydrogen-bond donors (Lipinski definition) is 1. The molecule has 0 aromatic carbocycles. The Kier molecular flexibility index (Phi) is 6.67. The first-order valence-electron chi connectivity index (χ1n) is 8.49. The topological polar surface area (TPSA) is 117 Å². The fourth-order valence-electron chi connectivity index (χ4n) is 2.86. The summed E-state index contributed by atoms with van der Waals surface area (Å²) in [6, 6.07) is 1.85. The average molecular weight is 400 g/mol. The molecule has 0 bridgehead atoms. The monoisotopic (exact) mass is 400 g/mol. The number of nitriles is 1. The molecular formula is C16H22F2N6O2S. The zero-order chi connectivity index (χ0) is 20.2. The number of nitrogens with zero attached hydrogens (tertiary/aromatic N) is 5. The first kappa shape index (κ1) is 21.0. The summed E-state index contributed by atoms with van der Waals surface area (Å²) < 4.78 is 50.8. The number of fused-ring (bicyclic) bond motifs is 1. The molecule has 1 unspecified atom stereocenters. The Labute approximate surface area is 156 Å². The van der Waals surface area contributed by atoms with Crippen molar-refractivity contribution >= 4 is 21.5 Å². The molecule has 1 saturated heterocycles. The minimum absolute atomic E-state index is 0.0294. The molecule has 0 saturated carbocycles. The van der Waals surface area contributed by atoms with E-state index in [1.165, 1.54) is 15.0 Å². The van der Waals surface area contributed by atoms with Crippen molar-refractivity contribution in [2.75, 3.05) is 25.1 Å². The van der Waals surface area contributed by atoms with Gasteiger partial charge in [-0.1, -0.05) is 13.3 Å². The van der Waals surface area contributed by atoms with Gasteiger partial charge in [0.2, 0.25) is 16.0 Å². The maximum Gasteiger partial charge on any atom is 0.238 e. The molecule has 2 aromatic rings. The number of nitrogens with two attached hydrogens (primary N) is 1. The Morgan fingerprint density at radius 2 is 2.19 bits per heavy atom. The Morgan fingerprint density at radius 3 is 2.70 bits per heavy atom. The summed E-state index contributed by atoms with van der Waals surface area (Å²) in [5.41, 5.74) is 6.21. The Hall–Kier alpha value is -2.32. The van der Waals surface area contributed by atoms with E-state index in [0.29, 0.717) is 31.5 Å². The molecule has 148 valence electrons. The van der Waals surface area contributed by atoms with Crippen LogP contribution < -0.4 is 5.73 Å². The highest BCUT2D eigenvalue weighted by molar-refractivity contribution is 7.88. The molecule has 1 atom stereocenters. The standard InChI is InChI=1S/C10H10FN5.C6H12FNO2S/c1-2-3-7-6(4-12)9(11)8-5-14-10(13)15-16(7)8;1-11(9,10)8-4-2-3-6(7)5-8/h5H,2-3H2,1H3,(H2,13,15);6H,2-5H2,1H3. The zero-order valence-corrected chi connectivity index (χ0v) is 16.0. The van der Waals surface area contributed by atoms with Crippen molar-refractivity contribution < 1.29 is 17.2 Å². The maximum absolute atomic E-state index is 13.8. The van der Waals surface area contributed by atoms with E-state index in [4.69, 9.17) is 11.0 Å². The van der Waals surface area contributed by atoms with Crippen molar-refractivity contribution in [2.24, 2.45) is 0 Å². The van der Waals surface area contributed by atoms with Gasteiger partial charge in [0.05, 0.1) is 18.1 Å². The van der Waals surface area contributed by atoms with Crippen LogP contribution >= 0.6 is 0 Å². The summed E-state index contributed by atoms with van der Waals surface area (Å²) in [6.07, 6.45) is 3.93. The Bertz CT molecular complexity index is 954. The number of aromatic nitrogens is 3. The van der Waals surface area contributed by atoms with Crippen LogP contribution in [0.2, 0.25) is 0 Å². The van der Waals surface area contributed by atoms with E-state index < -0.39 is 22.0 Å². The lowest BCUT2D eigenvalue weighted by molar-refractivity contribution is 0.203. The van der Waals surface area contributed by atoms with E-state index in [9.17, 15) is 17.2 Å². The highest BCUT2D eigenvalue weighted by atomic mass is 32.2. The highest BCUT2D eigenvalue weighted by Gasteiger charge is 2.25. The van der Waals surface area contributed by atoms with E-state index in [1.54, 1.807) is 0 Å². The molecule has 3 heterocycles. The Balaban J connectivity index is 0.000000208. The zero-order valence-electron chi connectivity index (χ0n) is 15.2. The lowest BCUT2D eigenvalue weighted by Gasteiger charge is -2.26. The molecule has 11 heteroatoms. The summed E-state index contributed by atoms with van der Waals surface area (Å²) >= 11 is 0. The number of sulfonamides is 1. The van der Waals surface area contributed by atoms with Gasteiger partial charge in [0.25, 0.3) is 0 Å². The summed E-state index contributed by atoms with van der Waals surface area (Å²) in [5.74, 6) is -0.518. The van der Waals surface area contributed by atoms with Crippen LogP contribution in [0.15, 0.2) is 6.20 Å². The quantitative estimate of drug-likeness (QED) is 0.837. The first-order chi connectivity index (χ1) is 12.7. The summed E-state index contributed by atoms with van der Waals surface area (Å²) in [7, 11) is -3.17. The molecule has 0 amide bonds. The molecule has 2 aromatic heterocycles. The minimum Gasteiger partial charge on any atom is -0.367 e. The fraction of sp³-hybridized carbons (Fsp3) is 0.562. The van der Waals surface area contributed by atoms with Crippen LogP contribution in [0.1, 0.15) is 37.4 Å². The molecule has 2 N–H and O–H groups in total. The van der Waals surface area contributed by atoms with Gasteiger partial charge in [-0.05, 0) is 19.3 Å². The van der Waals surface area contributed by atoms with Crippen LogP contribution in [0.4, 0.5) is 14.7 Å². The van der Waals surface area contributed by atoms with E-state index in [-0.39, 0.29) is 23.6 Å². The summed E-state index contributed by atoms with van der Waals surface area (Å²) in [5, 5.41) is 12.8. The number of nitrogen functional groups attached to an aromatic ring is 1. The molecule has 1 aliphatic heterocycles.